The van der Waals surface area contributed by atoms with E-state index in [0.29, 0.717) is 21.0 Å². The van der Waals surface area contributed by atoms with Crippen molar-refractivity contribution in [2.45, 2.75) is 17.6 Å². The molecular weight excluding hydrogens is 536 g/mol. The van der Waals surface area contributed by atoms with E-state index in [1.54, 1.807) is 18.2 Å². The van der Waals surface area contributed by atoms with Crippen LogP contribution in [-0.2, 0) is 27.5 Å². The zero-order chi connectivity index (χ0) is 25.1. The monoisotopic (exact) mass is 550 g/mol. The van der Waals surface area contributed by atoms with Gasteiger partial charge in [0.1, 0.15) is 6.54 Å². The summed E-state index contributed by atoms with van der Waals surface area (Å²) >= 11 is 17.6. The first-order valence-corrected chi connectivity index (χ1v) is 12.1. The van der Waals surface area contributed by atoms with Crippen molar-refractivity contribution in [3.05, 3.63) is 92.9 Å². The second kappa shape index (κ2) is 10.4. The van der Waals surface area contributed by atoms with Gasteiger partial charge in [-0.2, -0.15) is 13.2 Å². The van der Waals surface area contributed by atoms with E-state index in [0.717, 1.165) is 12.1 Å². The van der Waals surface area contributed by atoms with E-state index >= 15 is 0 Å². The molecule has 0 radical (unpaired) electrons. The van der Waals surface area contributed by atoms with Crippen molar-refractivity contribution < 1.29 is 26.4 Å². The van der Waals surface area contributed by atoms with Crippen molar-refractivity contribution in [3.63, 3.8) is 0 Å². The quantitative estimate of drug-likeness (QED) is 0.382. The van der Waals surface area contributed by atoms with Gasteiger partial charge in [-0.05, 0) is 48.0 Å². The lowest BCUT2D eigenvalue weighted by atomic mass is 10.2. The molecule has 0 aliphatic carbocycles. The van der Waals surface area contributed by atoms with Crippen LogP contribution in [0.15, 0.2) is 71.6 Å². The molecule has 0 bridgehead atoms. The second-order valence-electron chi connectivity index (χ2n) is 7.00. The maximum Gasteiger partial charge on any atom is 0.417 e. The number of anilines is 1. The molecule has 12 heteroatoms. The molecule has 3 rings (SSSR count). The zero-order valence-corrected chi connectivity index (χ0v) is 20.2. The van der Waals surface area contributed by atoms with E-state index in [4.69, 9.17) is 34.8 Å². The summed E-state index contributed by atoms with van der Waals surface area (Å²) in [5, 5.41) is 2.59. The molecule has 0 heterocycles. The summed E-state index contributed by atoms with van der Waals surface area (Å²) in [6.45, 7) is -0.843. The van der Waals surface area contributed by atoms with Crippen LogP contribution >= 0.6 is 34.8 Å². The Balaban J connectivity index is 1.95. The molecule has 3 aromatic carbocycles. The highest BCUT2D eigenvalue weighted by Crippen LogP contribution is 2.38. The lowest BCUT2D eigenvalue weighted by molar-refractivity contribution is -0.137. The minimum Gasteiger partial charge on any atom is -0.350 e. The van der Waals surface area contributed by atoms with Gasteiger partial charge in [0, 0.05) is 16.6 Å². The third kappa shape index (κ3) is 6.15. The molecule has 0 atom stereocenters. The SMILES string of the molecule is O=C(CN(c1ccc(Cl)c(C(F)(F)F)c1)S(=O)(=O)c1ccccc1)NCc1ccc(Cl)cc1Cl. The van der Waals surface area contributed by atoms with Crippen LogP contribution in [0.5, 0.6) is 0 Å². The molecule has 0 aromatic heterocycles. The fourth-order valence-electron chi connectivity index (χ4n) is 2.97. The van der Waals surface area contributed by atoms with Crippen LogP contribution in [0.1, 0.15) is 11.1 Å². The summed E-state index contributed by atoms with van der Waals surface area (Å²) in [5.74, 6) is -0.769. The number of hydrogen-bond acceptors (Lipinski definition) is 3. The van der Waals surface area contributed by atoms with Gasteiger partial charge in [-0.25, -0.2) is 8.42 Å². The van der Waals surface area contributed by atoms with Gasteiger partial charge in [0.2, 0.25) is 5.91 Å². The molecule has 0 spiro atoms. The van der Waals surface area contributed by atoms with Crippen LogP contribution in [0.25, 0.3) is 0 Å². The van der Waals surface area contributed by atoms with Crippen LogP contribution < -0.4 is 9.62 Å². The van der Waals surface area contributed by atoms with E-state index < -0.39 is 39.2 Å². The molecule has 0 saturated carbocycles. The van der Waals surface area contributed by atoms with E-state index in [1.807, 2.05) is 0 Å². The first-order valence-electron chi connectivity index (χ1n) is 9.55. The molecule has 0 aliphatic rings. The highest BCUT2D eigenvalue weighted by molar-refractivity contribution is 7.92. The van der Waals surface area contributed by atoms with E-state index in [1.165, 1.54) is 30.3 Å². The molecule has 3 aromatic rings. The maximum absolute atomic E-state index is 13.4. The van der Waals surface area contributed by atoms with E-state index in [9.17, 15) is 26.4 Å². The molecule has 1 N–H and O–H groups in total. The average Bonchev–Trinajstić information content (AvgIpc) is 2.77. The van der Waals surface area contributed by atoms with Gasteiger partial charge in [0.05, 0.1) is 21.2 Å². The summed E-state index contributed by atoms with van der Waals surface area (Å²) < 4.78 is 67.3. The van der Waals surface area contributed by atoms with Crippen molar-refractivity contribution in [1.29, 1.82) is 0 Å². The van der Waals surface area contributed by atoms with Gasteiger partial charge in [0.15, 0.2) is 0 Å². The number of hydrogen-bond donors (Lipinski definition) is 1. The molecular formula is C22H16Cl3F3N2O3S. The minimum absolute atomic E-state index is 0.0531. The van der Waals surface area contributed by atoms with E-state index in [2.05, 4.69) is 5.32 Å². The van der Waals surface area contributed by atoms with Gasteiger partial charge in [0.25, 0.3) is 10.0 Å². The molecule has 0 unspecified atom stereocenters. The van der Waals surface area contributed by atoms with Crippen LogP contribution in [0.4, 0.5) is 18.9 Å². The number of rotatable bonds is 7. The first-order chi connectivity index (χ1) is 15.9. The minimum atomic E-state index is -4.83. The Morgan fingerprint density at radius 1 is 0.912 bits per heavy atom. The third-order valence-electron chi connectivity index (χ3n) is 4.65. The summed E-state index contributed by atoms with van der Waals surface area (Å²) in [7, 11) is -4.40. The number of carbonyl (C=O) groups is 1. The normalized spacial score (nSPS) is 11.8. The zero-order valence-electron chi connectivity index (χ0n) is 17.1. The molecule has 0 fully saturated rings. The summed E-state index contributed by atoms with van der Waals surface area (Å²) in [4.78, 5) is 12.5. The van der Waals surface area contributed by atoms with Crippen LogP contribution in [-0.4, -0.2) is 20.9 Å². The Labute approximate surface area is 209 Å². The average molecular weight is 552 g/mol. The Kier molecular flexibility index (Phi) is 8.02. The molecule has 5 nitrogen and oxygen atoms in total. The summed E-state index contributed by atoms with van der Waals surface area (Å²) in [5.41, 5.74) is -1.09. The predicted octanol–water partition coefficient (Wildman–Crippen LogP) is 6.18. The van der Waals surface area contributed by atoms with Crippen LogP contribution in [0.3, 0.4) is 0 Å². The predicted molar refractivity (Wildman–Crippen MR) is 126 cm³/mol. The Hall–Kier alpha value is -2.46. The fraction of sp³-hybridized carbons (Fsp3) is 0.136. The third-order valence-corrected chi connectivity index (χ3v) is 7.36. The summed E-state index contributed by atoms with van der Waals surface area (Å²) in [6.07, 6.45) is -4.83. The molecule has 0 saturated heterocycles. The van der Waals surface area contributed by atoms with E-state index in [-0.39, 0.29) is 22.2 Å². The molecule has 180 valence electrons. The van der Waals surface area contributed by atoms with Gasteiger partial charge in [-0.15, -0.1) is 0 Å². The smallest absolute Gasteiger partial charge is 0.350 e. The Morgan fingerprint density at radius 2 is 1.59 bits per heavy atom. The number of amides is 1. The van der Waals surface area contributed by atoms with Crippen molar-refractivity contribution in [1.82, 2.24) is 5.32 Å². The number of nitrogens with zero attached hydrogens (tertiary/aromatic N) is 1. The largest absolute Gasteiger partial charge is 0.417 e. The van der Waals surface area contributed by atoms with Crippen LogP contribution in [0.2, 0.25) is 15.1 Å². The number of carbonyl (C=O) groups excluding carboxylic acids is 1. The standard InChI is InChI=1S/C22H16Cl3F3N2O3S/c23-15-7-6-14(20(25)10-15)12-29-21(31)13-30(34(32,33)17-4-2-1-3-5-17)16-8-9-19(24)18(11-16)22(26,27)28/h1-11H,12-13H2,(H,29,31). The fourth-order valence-corrected chi connectivity index (χ4v) is 5.10. The lowest BCUT2D eigenvalue weighted by Gasteiger charge is -2.25. The van der Waals surface area contributed by atoms with Crippen molar-refractivity contribution >= 4 is 56.4 Å². The number of alkyl halides is 3. The van der Waals surface area contributed by atoms with Gasteiger partial charge in [-0.3, -0.25) is 9.10 Å². The summed E-state index contributed by atoms with van der Waals surface area (Å²) in [6, 6.07) is 14.3. The Morgan fingerprint density at radius 3 is 2.21 bits per heavy atom. The molecule has 1 amide bonds. The number of benzene rings is 3. The highest BCUT2D eigenvalue weighted by Gasteiger charge is 2.35. The van der Waals surface area contributed by atoms with Crippen molar-refractivity contribution in [2.75, 3.05) is 10.8 Å². The molecule has 34 heavy (non-hydrogen) atoms. The second-order valence-corrected chi connectivity index (χ2v) is 10.1. The highest BCUT2D eigenvalue weighted by atomic mass is 35.5. The van der Waals surface area contributed by atoms with Gasteiger partial charge < -0.3 is 5.32 Å². The number of sulfonamides is 1. The number of halogens is 6. The lowest BCUT2D eigenvalue weighted by Crippen LogP contribution is -2.40. The maximum atomic E-state index is 13.4. The first kappa shape index (κ1) is 26.2. The van der Waals surface area contributed by atoms with Crippen molar-refractivity contribution in [3.8, 4) is 0 Å². The van der Waals surface area contributed by atoms with Crippen molar-refractivity contribution in [2.24, 2.45) is 0 Å². The van der Waals surface area contributed by atoms with Gasteiger partial charge in [-0.1, -0.05) is 59.1 Å². The Bertz CT molecular complexity index is 1300. The number of nitrogens with one attached hydrogen (secondary N) is 1. The molecule has 0 aliphatic heterocycles. The van der Waals surface area contributed by atoms with Crippen LogP contribution in [0, 0.1) is 0 Å². The van der Waals surface area contributed by atoms with Gasteiger partial charge >= 0.3 is 6.18 Å². The topological polar surface area (TPSA) is 66.5 Å².